The van der Waals surface area contributed by atoms with Gasteiger partial charge < -0.3 is 0 Å². The van der Waals surface area contributed by atoms with Crippen LogP contribution in [0.2, 0.25) is 0 Å². The minimum Gasteiger partial charge on any atom is -0.262 e. The van der Waals surface area contributed by atoms with Crippen molar-refractivity contribution in [2.45, 2.75) is 26.7 Å². The van der Waals surface area contributed by atoms with Gasteiger partial charge in [0.15, 0.2) is 0 Å². The lowest BCUT2D eigenvalue weighted by molar-refractivity contribution is 0.904. The Balaban J connectivity index is 2.02. The van der Waals surface area contributed by atoms with Crippen LogP contribution in [0.15, 0.2) is 36.7 Å². The quantitative estimate of drug-likeness (QED) is 0.781. The first-order valence-electron chi connectivity index (χ1n) is 5.57. The van der Waals surface area contributed by atoms with Crippen molar-refractivity contribution in [1.29, 1.82) is 0 Å². The second kappa shape index (κ2) is 4.88. The predicted molar refractivity (Wildman–Crippen MR) is 65.4 cm³/mol. The molecule has 82 valence electrons. The lowest BCUT2D eigenvalue weighted by Crippen LogP contribution is -1.95. The van der Waals surface area contributed by atoms with Crippen molar-refractivity contribution < 1.29 is 0 Å². The highest BCUT2D eigenvalue weighted by Gasteiger charge is 1.98. The highest BCUT2D eigenvalue weighted by Crippen LogP contribution is 2.07. The second-order valence-corrected chi connectivity index (χ2v) is 4.13. The van der Waals surface area contributed by atoms with Crippen molar-refractivity contribution in [3.63, 3.8) is 0 Å². The Morgan fingerprint density at radius 1 is 0.938 bits per heavy atom. The molecule has 0 saturated heterocycles. The third-order valence-electron chi connectivity index (χ3n) is 2.60. The monoisotopic (exact) mass is 212 g/mol. The lowest BCUT2D eigenvalue weighted by atomic mass is 10.1. The number of rotatable bonds is 3. The summed E-state index contributed by atoms with van der Waals surface area (Å²) in [5.74, 6) is 0. The number of aryl methyl sites for hydroxylation is 4. The van der Waals surface area contributed by atoms with Crippen LogP contribution in [0.25, 0.3) is 0 Å². The van der Waals surface area contributed by atoms with Crippen LogP contribution in [-0.2, 0) is 12.8 Å². The van der Waals surface area contributed by atoms with Gasteiger partial charge in [0.2, 0.25) is 0 Å². The Hall–Kier alpha value is -1.70. The second-order valence-electron chi connectivity index (χ2n) is 4.13. The summed E-state index contributed by atoms with van der Waals surface area (Å²) in [6.07, 6.45) is 5.77. The van der Waals surface area contributed by atoms with E-state index in [0.717, 1.165) is 24.2 Å². The van der Waals surface area contributed by atoms with Crippen LogP contribution < -0.4 is 0 Å². The molecule has 0 saturated carbocycles. The van der Waals surface area contributed by atoms with Gasteiger partial charge in [-0.2, -0.15) is 0 Å². The zero-order valence-corrected chi connectivity index (χ0v) is 9.77. The number of aromatic nitrogens is 2. The first kappa shape index (κ1) is 10.8. The summed E-state index contributed by atoms with van der Waals surface area (Å²) >= 11 is 0. The van der Waals surface area contributed by atoms with Crippen LogP contribution in [0, 0.1) is 13.8 Å². The maximum absolute atomic E-state index is 4.36. The molecule has 2 aromatic rings. The summed E-state index contributed by atoms with van der Waals surface area (Å²) in [6.45, 7) is 4.12. The van der Waals surface area contributed by atoms with E-state index in [2.05, 4.69) is 35.1 Å². The average Bonchev–Trinajstić information content (AvgIpc) is 2.27. The Morgan fingerprint density at radius 2 is 1.75 bits per heavy atom. The van der Waals surface area contributed by atoms with Gasteiger partial charge in [0.05, 0.1) is 0 Å². The fourth-order valence-electron chi connectivity index (χ4n) is 1.77. The van der Waals surface area contributed by atoms with E-state index >= 15 is 0 Å². The van der Waals surface area contributed by atoms with E-state index < -0.39 is 0 Å². The molecule has 0 bridgehead atoms. The standard InChI is InChI=1S/C14H16N2/c1-11-5-7-16-14(9-11)4-3-13-6-8-15-12(2)10-13/h5-10H,3-4H2,1-2H3. The molecular formula is C14H16N2. The van der Waals surface area contributed by atoms with Crippen LogP contribution in [0.1, 0.15) is 22.5 Å². The molecule has 2 heterocycles. The van der Waals surface area contributed by atoms with E-state index in [0.29, 0.717) is 0 Å². The van der Waals surface area contributed by atoms with Gasteiger partial charge in [-0.05, 0) is 62.1 Å². The van der Waals surface area contributed by atoms with Gasteiger partial charge in [0.25, 0.3) is 0 Å². The van der Waals surface area contributed by atoms with Crippen molar-refractivity contribution in [3.8, 4) is 0 Å². The zero-order valence-electron chi connectivity index (χ0n) is 9.77. The lowest BCUT2D eigenvalue weighted by Gasteiger charge is -2.03. The molecule has 0 atom stereocenters. The van der Waals surface area contributed by atoms with Crippen LogP contribution in [0.4, 0.5) is 0 Å². The maximum atomic E-state index is 4.36. The third-order valence-corrected chi connectivity index (χ3v) is 2.60. The zero-order chi connectivity index (χ0) is 11.4. The van der Waals surface area contributed by atoms with E-state index in [4.69, 9.17) is 0 Å². The van der Waals surface area contributed by atoms with Crippen LogP contribution in [0.5, 0.6) is 0 Å². The number of hydrogen-bond acceptors (Lipinski definition) is 2. The molecule has 0 aromatic carbocycles. The highest BCUT2D eigenvalue weighted by atomic mass is 14.7. The van der Waals surface area contributed by atoms with Gasteiger partial charge in [-0.25, -0.2) is 0 Å². The molecule has 0 radical (unpaired) electrons. The highest BCUT2D eigenvalue weighted by molar-refractivity contribution is 5.19. The third kappa shape index (κ3) is 2.89. The van der Waals surface area contributed by atoms with Gasteiger partial charge in [-0.15, -0.1) is 0 Å². The van der Waals surface area contributed by atoms with Gasteiger partial charge in [0, 0.05) is 23.8 Å². The van der Waals surface area contributed by atoms with Gasteiger partial charge in [-0.3, -0.25) is 9.97 Å². The molecule has 0 aliphatic heterocycles. The van der Waals surface area contributed by atoms with Crippen molar-refractivity contribution >= 4 is 0 Å². The Morgan fingerprint density at radius 3 is 2.50 bits per heavy atom. The SMILES string of the molecule is Cc1ccnc(CCc2ccnc(C)c2)c1. The molecule has 2 nitrogen and oxygen atoms in total. The molecule has 0 aliphatic carbocycles. The Kier molecular flexibility index (Phi) is 3.30. The van der Waals surface area contributed by atoms with Crippen LogP contribution >= 0.6 is 0 Å². The number of nitrogens with zero attached hydrogens (tertiary/aromatic N) is 2. The van der Waals surface area contributed by atoms with Crippen LogP contribution in [0.3, 0.4) is 0 Å². The van der Waals surface area contributed by atoms with Crippen molar-refractivity contribution in [2.75, 3.05) is 0 Å². The predicted octanol–water partition coefficient (Wildman–Crippen LogP) is 2.88. The summed E-state index contributed by atoms with van der Waals surface area (Å²) in [7, 11) is 0. The van der Waals surface area contributed by atoms with Crippen molar-refractivity contribution in [1.82, 2.24) is 9.97 Å². The van der Waals surface area contributed by atoms with Gasteiger partial charge in [-0.1, -0.05) is 0 Å². The molecule has 0 fully saturated rings. The molecule has 0 amide bonds. The summed E-state index contributed by atoms with van der Waals surface area (Å²) in [5, 5.41) is 0. The van der Waals surface area contributed by atoms with E-state index in [-0.39, 0.29) is 0 Å². The fourth-order valence-corrected chi connectivity index (χ4v) is 1.77. The summed E-state index contributed by atoms with van der Waals surface area (Å²) in [5.41, 5.74) is 4.84. The molecule has 0 N–H and O–H groups in total. The fraction of sp³-hybridized carbons (Fsp3) is 0.286. The topological polar surface area (TPSA) is 25.8 Å². The minimum atomic E-state index is 0.991. The van der Waals surface area contributed by atoms with Crippen LogP contribution in [-0.4, -0.2) is 9.97 Å². The molecular weight excluding hydrogens is 196 g/mol. The van der Waals surface area contributed by atoms with E-state index in [1.165, 1.54) is 11.1 Å². The van der Waals surface area contributed by atoms with Gasteiger partial charge >= 0.3 is 0 Å². The van der Waals surface area contributed by atoms with E-state index in [9.17, 15) is 0 Å². The summed E-state index contributed by atoms with van der Waals surface area (Å²) < 4.78 is 0. The van der Waals surface area contributed by atoms with E-state index in [1.54, 1.807) is 0 Å². The van der Waals surface area contributed by atoms with Crippen molar-refractivity contribution in [3.05, 3.63) is 59.2 Å². The molecule has 2 aromatic heterocycles. The summed E-state index contributed by atoms with van der Waals surface area (Å²) in [6, 6.07) is 8.38. The van der Waals surface area contributed by atoms with E-state index in [1.807, 2.05) is 25.4 Å². The number of hydrogen-bond donors (Lipinski definition) is 0. The number of pyridine rings is 2. The first-order valence-corrected chi connectivity index (χ1v) is 5.57. The largest absolute Gasteiger partial charge is 0.262 e. The molecule has 0 spiro atoms. The Labute approximate surface area is 96.4 Å². The molecule has 2 rings (SSSR count). The minimum absolute atomic E-state index is 0.991. The normalized spacial score (nSPS) is 10.4. The molecule has 16 heavy (non-hydrogen) atoms. The molecule has 2 heteroatoms. The maximum Gasteiger partial charge on any atom is 0.0409 e. The average molecular weight is 212 g/mol. The molecule has 0 aliphatic rings. The smallest absolute Gasteiger partial charge is 0.0409 e. The first-order chi connectivity index (χ1) is 7.74. The van der Waals surface area contributed by atoms with Gasteiger partial charge in [0.1, 0.15) is 0 Å². The summed E-state index contributed by atoms with van der Waals surface area (Å²) in [4.78, 5) is 8.55. The molecule has 0 unspecified atom stereocenters. The Bertz CT molecular complexity index is 432. The van der Waals surface area contributed by atoms with Crippen molar-refractivity contribution in [2.24, 2.45) is 0 Å².